The molecule has 1 aromatic carbocycles. The zero-order chi connectivity index (χ0) is 12.1. The molecule has 2 rings (SSSR count). The highest BCUT2D eigenvalue weighted by atomic mass is 19.1. The Hall–Kier alpha value is -1.75. The van der Waals surface area contributed by atoms with Crippen molar-refractivity contribution in [3.63, 3.8) is 0 Å². The summed E-state index contributed by atoms with van der Waals surface area (Å²) in [4.78, 5) is 4.20. The van der Waals surface area contributed by atoms with Gasteiger partial charge in [-0.05, 0) is 18.7 Å². The van der Waals surface area contributed by atoms with Crippen LogP contribution in [-0.4, -0.2) is 23.7 Å². The number of nitrogens with one attached hydrogen (secondary N) is 1. The van der Waals surface area contributed by atoms with Crippen LogP contribution in [0.1, 0.15) is 17.3 Å². The number of aromatic nitrogens is 2. The standard InChI is InChI=1S/C12H14FN3O/c1-14-7-6-11-15-12(17-16-11)8-9-4-2-3-5-10(9)13/h2-5,14H,6-8H2,1H3. The first-order valence-corrected chi connectivity index (χ1v) is 5.49. The first kappa shape index (κ1) is 11.7. The quantitative estimate of drug-likeness (QED) is 0.854. The zero-order valence-electron chi connectivity index (χ0n) is 9.61. The highest BCUT2D eigenvalue weighted by molar-refractivity contribution is 5.20. The summed E-state index contributed by atoms with van der Waals surface area (Å²) in [5, 5.41) is 6.83. The van der Waals surface area contributed by atoms with Crippen molar-refractivity contribution in [2.75, 3.05) is 13.6 Å². The molecule has 0 radical (unpaired) electrons. The molecule has 0 spiro atoms. The van der Waals surface area contributed by atoms with Crippen LogP contribution >= 0.6 is 0 Å². The monoisotopic (exact) mass is 235 g/mol. The Labute approximate surface area is 98.8 Å². The second-order valence-electron chi connectivity index (χ2n) is 3.73. The third-order valence-electron chi connectivity index (χ3n) is 2.41. The van der Waals surface area contributed by atoms with Gasteiger partial charge in [0.2, 0.25) is 5.89 Å². The summed E-state index contributed by atoms with van der Waals surface area (Å²) in [7, 11) is 1.86. The number of hydrogen-bond donors (Lipinski definition) is 1. The highest BCUT2D eigenvalue weighted by Crippen LogP contribution is 2.11. The minimum Gasteiger partial charge on any atom is -0.339 e. The summed E-state index contributed by atoms with van der Waals surface area (Å²) < 4.78 is 18.4. The van der Waals surface area contributed by atoms with Crippen molar-refractivity contribution in [3.8, 4) is 0 Å². The van der Waals surface area contributed by atoms with Crippen LogP contribution in [0, 0.1) is 5.82 Å². The molecule has 1 N–H and O–H groups in total. The molecule has 4 nitrogen and oxygen atoms in total. The molecule has 0 saturated heterocycles. The van der Waals surface area contributed by atoms with E-state index in [4.69, 9.17) is 4.52 Å². The van der Waals surface area contributed by atoms with Gasteiger partial charge in [-0.1, -0.05) is 23.4 Å². The van der Waals surface area contributed by atoms with E-state index in [9.17, 15) is 4.39 Å². The lowest BCUT2D eigenvalue weighted by molar-refractivity contribution is 0.378. The number of rotatable bonds is 5. The smallest absolute Gasteiger partial charge is 0.231 e. The van der Waals surface area contributed by atoms with E-state index in [2.05, 4.69) is 15.5 Å². The van der Waals surface area contributed by atoms with Crippen LogP contribution < -0.4 is 5.32 Å². The van der Waals surface area contributed by atoms with E-state index in [0.717, 1.165) is 6.54 Å². The van der Waals surface area contributed by atoms with Crippen molar-refractivity contribution in [1.29, 1.82) is 0 Å². The Morgan fingerprint density at radius 2 is 2.18 bits per heavy atom. The van der Waals surface area contributed by atoms with Crippen molar-refractivity contribution in [3.05, 3.63) is 47.4 Å². The number of hydrogen-bond acceptors (Lipinski definition) is 4. The molecule has 2 aromatic rings. The van der Waals surface area contributed by atoms with Gasteiger partial charge in [0.05, 0.1) is 6.42 Å². The van der Waals surface area contributed by atoms with Gasteiger partial charge in [-0.25, -0.2) is 4.39 Å². The van der Waals surface area contributed by atoms with Gasteiger partial charge in [-0.2, -0.15) is 4.98 Å². The predicted octanol–water partition coefficient (Wildman–Crippen LogP) is 1.56. The molecule has 0 fully saturated rings. The Kier molecular flexibility index (Phi) is 3.82. The van der Waals surface area contributed by atoms with E-state index in [1.54, 1.807) is 18.2 Å². The topological polar surface area (TPSA) is 51.0 Å². The fourth-order valence-corrected chi connectivity index (χ4v) is 1.50. The molecule has 0 bridgehead atoms. The Morgan fingerprint density at radius 3 is 2.94 bits per heavy atom. The number of benzene rings is 1. The molecule has 0 aliphatic carbocycles. The zero-order valence-corrected chi connectivity index (χ0v) is 9.61. The molecular weight excluding hydrogens is 221 g/mol. The van der Waals surface area contributed by atoms with Crippen molar-refractivity contribution < 1.29 is 8.91 Å². The van der Waals surface area contributed by atoms with Gasteiger partial charge < -0.3 is 9.84 Å². The van der Waals surface area contributed by atoms with Crippen molar-refractivity contribution >= 4 is 0 Å². The van der Waals surface area contributed by atoms with E-state index in [0.29, 0.717) is 30.1 Å². The first-order valence-electron chi connectivity index (χ1n) is 5.49. The maximum absolute atomic E-state index is 13.4. The average molecular weight is 235 g/mol. The molecule has 0 aliphatic rings. The van der Waals surface area contributed by atoms with Crippen LogP contribution in [-0.2, 0) is 12.8 Å². The predicted molar refractivity (Wildman–Crippen MR) is 61.1 cm³/mol. The fourth-order valence-electron chi connectivity index (χ4n) is 1.50. The first-order chi connectivity index (χ1) is 8.29. The second kappa shape index (κ2) is 5.54. The maximum atomic E-state index is 13.4. The Bertz CT molecular complexity index is 484. The van der Waals surface area contributed by atoms with Gasteiger partial charge >= 0.3 is 0 Å². The van der Waals surface area contributed by atoms with Crippen molar-refractivity contribution in [2.45, 2.75) is 12.8 Å². The van der Waals surface area contributed by atoms with Gasteiger partial charge in [0.15, 0.2) is 5.82 Å². The van der Waals surface area contributed by atoms with Crippen LogP contribution in [0.5, 0.6) is 0 Å². The molecule has 0 saturated carbocycles. The van der Waals surface area contributed by atoms with Gasteiger partial charge in [0.1, 0.15) is 5.82 Å². The molecule has 0 aliphatic heterocycles. The van der Waals surface area contributed by atoms with E-state index in [1.807, 2.05) is 7.05 Å². The molecular formula is C12H14FN3O. The third kappa shape index (κ3) is 3.10. The van der Waals surface area contributed by atoms with E-state index in [1.165, 1.54) is 6.07 Å². The molecule has 0 unspecified atom stereocenters. The summed E-state index contributed by atoms with van der Waals surface area (Å²) in [6.45, 7) is 0.790. The van der Waals surface area contributed by atoms with Crippen LogP contribution in [0.25, 0.3) is 0 Å². The Balaban J connectivity index is 2.04. The molecule has 5 heteroatoms. The molecule has 1 aromatic heterocycles. The largest absolute Gasteiger partial charge is 0.339 e. The van der Waals surface area contributed by atoms with Crippen molar-refractivity contribution in [1.82, 2.24) is 15.5 Å². The van der Waals surface area contributed by atoms with Gasteiger partial charge in [0, 0.05) is 13.0 Å². The highest BCUT2D eigenvalue weighted by Gasteiger charge is 2.09. The van der Waals surface area contributed by atoms with Crippen molar-refractivity contribution in [2.24, 2.45) is 0 Å². The number of nitrogens with zero attached hydrogens (tertiary/aromatic N) is 2. The van der Waals surface area contributed by atoms with Gasteiger partial charge in [-0.15, -0.1) is 0 Å². The maximum Gasteiger partial charge on any atom is 0.231 e. The van der Waals surface area contributed by atoms with Gasteiger partial charge in [0.25, 0.3) is 0 Å². The SMILES string of the molecule is CNCCc1noc(Cc2ccccc2F)n1. The lowest BCUT2D eigenvalue weighted by Crippen LogP contribution is -2.11. The molecule has 0 atom stereocenters. The summed E-state index contributed by atoms with van der Waals surface area (Å²) in [6.07, 6.45) is 1.04. The van der Waals surface area contributed by atoms with Gasteiger partial charge in [-0.3, -0.25) is 0 Å². The normalized spacial score (nSPS) is 10.7. The lowest BCUT2D eigenvalue weighted by Gasteiger charge is -1.97. The van der Waals surface area contributed by atoms with E-state index >= 15 is 0 Å². The lowest BCUT2D eigenvalue weighted by atomic mass is 10.1. The molecule has 1 heterocycles. The molecule has 17 heavy (non-hydrogen) atoms. The van der Waals surface area contributed by atoms with Crippen LogP contribution in [0.2, 0.25) is 0 Å². The summed E-state index contributed by atoms with van der Waals surface area (Å²) >= 11 is 0. The van der Waals surface area contributed by atoms with Crippen LogP contribution in [0.3, 0.4) is 0 Å². The van der Waals surface area contributed by atoms with Crippen LogP contribution in [0.15, 0.2) is 28.8 Å². The summed E-state index contributed by atoms with van der Waals surface area (Å²) in [5.74, 6) is 0.842. The average Bonchev–Trinajstić information content (AvgIpc) is 2.77. The summed E-state index contributed by atoms with van der Waals surface area (Å²) in [5.41, 5.74) is 0.566. The second-order valence-corrected chi connectivity index (χ2v) is 3.73. The van der Waals surface area contributed by atoms with Crippen LogP contribution in [0.4, 0.5) is 4.39 Å². The number of likely N-dealkylation sites (N-methyl/N-ethyl adjacent to an activating group) is 1. The molecule has 90 valence electrons. The minimum absolute atomic E-state index is 0.248. The fraction of sp³-hybridized carbons (Fsp3) is 0.333. The third-order valence-corrected chi connectivity index (χ3v) is 2.41. The summed E-state index contributed by atoms with van der Waals surface area (Å²) in [6, 6.07) is 6.59. The van der Waals surface area contributed by atoms with E-state index < -0.39 is 0 Å². The Morgan fingerprint density at radius 1 is 1.35 bits per heavy atom. The minimum atomic E-state index is -0.248. The molecule has 0 amide bonds. The number of halogens is 1. The van der Waals surface area contributed by atoms with E-state index in [-0.39, 0.29) is 5.82 Å².